The van der Waals surface area contributed by atoms with Crippen molar-refractivity contribution in [3.8, 4) is 0 Å². The molecule has 4 nitrogen and oxygen atoms in total. The highest BCUT2D eigenvalue weighted by molar-refractivity contribution is 5.81. The van der Waals surface area contributed by atoms with Crippen LogP contribution < -0.4 is 5.32 Å². The Labute approximate surface area is 130 Å². The number of benzene rings is 1. The summed E-state index contributed by atoms with van der Waals surface area (Å²) in [5.41, 5.74) is 3.18. The zero-order valence-electron chi connectivity index (χ0n) is 13.0. The quantitative estimate of drug-likeness (QED) is 0.889. The summed E-state index contributed by atoms with van der Waals surface area (Å²) in [6.07, 6.45) is 5.20. The van der Waals surface area contributed by atoms with Crippen molar-refractivity contribution in [3.05, 3.63) is 29.7 Å². The van der Waals surface area contributed by atoms with E-state index in [1.165, 1.54) is 5.56 Å². The molecule has 2 aliphatic rings. The molecule has 4 heteroatoms. The van der Waals surface area contributed by atoms with E-state index in [0.717, 1.165) is 55.6 Å². The van der Waals surface area contributed by atoms with Crippen LogP contribution in [0.15, 0.2) is 22.6 Å². The molecule has 2 aliphatic carbocycles. The fraction of sp³-hybridized carbons (Fsp3) is 0.556. The summed E-state index contributed by atoms with van der Waals surface area (Å²) in [6.45, 7) is 2.93. The van der Waals surface area contributed by atoms with Gasteiger partial charge in [0.2, 0.25) is 5.91 Å². The smallest absolute Gasteiger partial charge is 0.223 e. The number of hydrogen-bond donors (Lipinski definition) is 1. The van der Waals surface area contributed by atoms with Gasteiger partial charge < -0.3 is 9.73 Å². The number of carbonyl (C=O) groups excluding carboxylic acids is 1. The summed E-state index contributed by atoms with van der Waals surface area (Å²) in [4.78, 5) is 16.3. The zero-order chi connectivity index (χ0) is 15.1. The highest BCUT2D eigenvalue weighted by Gasteiger charge is 2.41. The van der Waals surface area contributed by atoms with Crippen LogP contribution >= 0.6 is 0 Å². The molecule has 0 unspecified atom stereocenters. The van der Waals surface area contributed by atoms with Crippen LogP contribution in [0.4, 0.5) is 0 Å². The van der Waals surface area contributed by atoms with Crippen molar-refractivity contribution in [2.45, 2.75) is 44.9 Å². The predicted octanol–water partition coefficient (Wildman–Crippen LogP) is 3.41. The number of nitrogens with one attached hydrogen (secondary N) is 1. The van der Waals surface area contributed by atoms with Crippen LogP contribution in [0.3, 0.4) is 0 Å². The maximum Gasteiger partial charge on any atom is 0.223 e. The molecule has 1 amide bonds. The van der Waals surface area contributed by atoms with Gasteiger partial charge in [-0.25, -0.2) is 4.98 Å². The van der Waals surface area contributed by atoms with Gasteiger partial charge in [-0.05, 0) is 43.6 Å². The second-order valence-electron chi connectivity index (χ2n) is 6.67. The van der Waals surface area contributed by atoms with Crippen molar-refractivity contribution < 1.29 is 9.21 Å². The number of carbonyl (C=O) groups is 1. The van der Waals surface area contributed by atoms with Crippen LogP contribution in [0.1, 0.15) is 50.0 Å². The molecule has 2 atom stereocenters. The van der Waals surface area contributed by atoms with Crippen molar-refractivity contribution in [1.29, 1.82) is 0 Å². The van der Waals surface area contributed by atoms with Gasteiger partial charge in [-0.2, -0.15) is 0 Å². The molecular weight excluding hydrogens is 276 g/mol. The Kier molecular flexibility index (Phi) is 3.40. The Hall–Kier alpha value is -1.84. The lowest BCUT2D eigenvalue weighted by atomic mass is 10.1. The van der Waals surface area contributed by atoms with Crippen molar-refractivity contribution in [1.82, 2.24) is 10.3 Å². The molecule has 1 aromatic heterocycles. The molecule has 1 N–H and O–H groups in total. The maximum atomic E-state index is 11.7. The standard InChI is InChI=1S/C18H22N2O2/c1-2-4-16-20-15-6-3-5-13(17(15)22-16)14-9-12(14)10-19-18(21)11-7-8-11/h3,5-6,11-12,14H,2,4,7-10H2,1H3,(H,19,21)/t12-,14+/m0/s1. The monoisotopic (exact) mass is 298 g/mol. The molecule has 4 rings (SSSR count). The van der Waals surface area contributed by atoms with Crippen LogP contribution in [0, 0.1) is 11.8 Å². The number of oxazole rings is 1. The van der Waals surface area contributed by atoms with Crippen molar-refractivity contribution in [2.24, 2.45) is 11.8 Å². The third-order valence-electron chi connectivity index (χ3n) is 4.76. The predicted molar refractivity (Wildman–Crippen MR) is 84.6 cm³/mol. The van der Waals surface area contributed by atoms with E-state index in [4.69, 9.17) is 4.42 Å². The number of aryl methyl sites for hydroxylation is 1. The number of nitrogens with zero attached hydrogens (tertiary/aromatic N) is 1. The first kappa shape index (κ1) is 13.8. The lowest BCUT2D eigenvalue weighted by molar-refractivity contribution is -0.122. The largest absolute Gasteiger partial charge is 0.440 e. The van der Waals surface area contributed by atoms with Crippen molar-refractivity contribution in [3.63, 3.8) is 0 Å². The second-order valence-corrected chi connectivity index (χ2v) is 6.67. The average molecular weight is 298 g/mol. The van der Waals surface area contributed by atoms with Gasteiger partial charge in [-0.3, -0.25) is 4.79 Å². The Bertz CT molecular complexity index is 702. The van der Waals surface area contributed by atoms with E-state index in [0.29, 0.717) is 17.8 Å². The van der Waals surface area contributed by atoms with Gasteiger partial charge in [-0.1, -0.05) is 19.1 Å². The highest BCUT2D eigenvalue weighted by Crippen LogP contribution is 2.49. The number of amides is 1. The molecule has 0 bridgehead atoms. The summed E-state index contributed by atoms with van der Waals surface area (Å²) in [5.74, 6) is 2.43. The van der Waals surface area contributed by atoms with Crippen LogP contribution in [0.2, 0.25) is 0 Å². The van der Waals surface area contributed by atoms with Gasteiger partial charge in [0, 0.05) is 24.4 Å². The van der Waals surface area contributed by atoms with Gasteiger partial charge in [0.25, 0.3) is 0 Å². The average Bonchev–Trinajstić information content (AvgIpc) is 3.41. The molecular formula is C18H22N2O2. The summed E-state index contributed by atoms with van der Waals surface area (Å²) in [6, 6.07) is 6.23. The number of hydrogen-bond acceptors (Lipinski definition) is 3. The summed E-state index contributed by atoms with van der Waals surface area (Å²) in [7, 11) is 0. The van der Waals surface area contributed by atoms with E-state index in [1.807, 2.05) is 6.07 Å². The maximum absolute atomic E-state index is 11.7. The Morgan fingerprint density at radius 2 is 2.27 bits per heavy atom. The topological polar surface area (TPSA) is 55.1 Å². The fourth-order valence-electron chi connectivity index (χ4n) is 3.20. The van der Waals surface area contributed by atoms with Crippen LogP contribution in [0.5, 0.6) is 0 Å². The Morgan fingerprint density at radius 1 is 1.41 bits per heavy atom. The molecule has 2 aromatic rings. The highest BCUT2D eigenvalue weighted by atomic mass is 16.3. The molecule has 0 aliphatic heterocycles. The van der Waals surface area contributed by atoms with Gasteiger partial charge in [0.1, 0.15) is 5.52 Å². The van der Waals surface area contributed by atoms with Gasteiger partial charge in [0.15, 0.2) is 11.5 Å². The van der Waals surface area contributed by atoms with E-state index in [-0.39, 0.29) is 5.91 Å². The van der Waals surface area contributed by atoms with Crippen LogP contribution in [0.25, 0.3) is 11.1 Å². The van der Waals surface area contributed by atoms with E-state index in [1.54, 1.807) is 0 Å². The van der Waals surface area contributed by atoms with Crippen molar-refractivity contribution in [2.75, 3.05) is 6.54 Å². The molecule has 2 fully saturated rings. The minimum atomic E-state index is 0.244. The first-order valence-electron chi connectivity index (χ1n) is 8.42. The normalized spacial score (nSPS) is 23.7. The SMILES string of the molecule is CCCc1nc2cccc([C@@H]3C[C@H]3CNC(=O)C3CC3)c2o1. The lowest BCUT2D eigenvalue weighted by Crippen LogP contribution is -2.27. The number of fused-ring (bicyclic) bond motifs is 1. The first-order chi connectivity index (χ1) is 10.8. The van der Waals surface area contributed by atoms with Gasteiger partial charge in [0.05, 0.1) is 0 Å². The minimum absolute atomic E-state index is 0.244. The van der Waals surface area contributed by atoms with Gasteiger partial charge in [-0.15, -0.1) is 0 Å². The summed E-state index contributed by atoms with van der Waals surface area (Å²) < 4.78 is 5.96. The Morgan fingerprint density at radius 3 is 3.05 bits per heavy atom. The summed E-state index contributed by atoms with van der Waals surface area (Å²) in [5, 5.41) is 3.09. The first-order valence-corrected chi connectivity index (χ1v) is 8.42. The molecule has 1 heterocycles. The minimum Gasteiger partial charge on any atom is -0.440 e. The van der Waals surface area contributed by atoms with Crippen LogP contribution in [-0.4, -0.2) is 17.4 Å². The third kappa shape index (κ3) is 2.62. The van der Waals surface area contributed by atoms with E-state index in [9.17, 15) is 4.79 Å². The van der Waals surface area contributed by atoms with Crippen LogP contribution in [-0.2, 0) is 11.2 Å². The Balaban J connectivity index is 1.46. The number of rotatable bonds is 6. The molecule has 0 spiro atoms. The number of para-hydroxylation sites is 1. The van der Waals surface area contributed by atoms with E-state index < -0.39 is 0 Å². The molecule has 116 valence electrons. The lowest BCUT2D eigenvalue weighted by Gasteiger charge is -2.04. The fourth-order valence-corrected chi connectivity index (χ4v) is 3.20. The van der Waals surface area contributed by atoms with Gasteiger partial charge >= 0.3 is 0 Å². The molecule has 0 radical (unpaired) electrons. The van der Waals surface area contributed by atoms with E-state index >= 15 is 0 Å². The molecule has 2 saturated carbocycles. The van der Waals surface area contributed by atoms with E-state index in [2.05, 4.69) is 29.4 Å². The summed E-state index contributed by atoms with van der Waals surface area (Å²) >= 11 is 0. The zero-order valence-corrected chi connectivity index (χ0v) is 13.0. The third-order valence-corrected chi connectivity index (χ3v) is 4.76. The number of aromatic nitrogens is 1. The second kappa shape index (κ2) is 5.41. The van der Waals surface area contributed by atoms with Crippen molar-refractivity contribution >= 4 is 17.0 Å². The molecule has 22 heavy (non-hydrogen) atoms. The molecule has 0 saturated heterocycles. The molecule has 1 aromatic carbocycles.